The zero-order valence-corrected chi connectivity index (χ0v) is 15.2. The number of benzene rings is 1. The summed E-state index contributed by atoms with van der Waals surface area (Å²) >= 11 is 5.43. The number of nitrogens with one attached hydrogen (secondary N) is 2. The Morgan fingerprint density at radius 3 is 2.63 bits per heavy atom. The van der Waals surface area contributed by atoms with Gasteiger partial charge in [0.05, 0.1) is 5.69 Å². The second-order valence-corrected chi connectivity index (χ2v) is 6.26. The van der Waals surface area contributed by atoms with E-state index in [4.69, 9.17) is 11.6 Å². The molecule has 0 aliphatic heterocycles. The van der Waals surface area contributed by atoms with Crippen molar-refractivity contribution in [2.45, 2.75) is 13.8 Å². The number of carbonyl (C=O) groups excluding carboxylic acids is 1. The normalized spacial score (nSPS) is 11.1. The number of pyridine rings is 1. The van der Waals surface area contributed by atoms with E-state index in [0.717, 1.165) is 40.6 Å². The maximum absolute atomic E-state index is 13.4. The van der Waals surface area contributed by atoms with Crippen LogP contribution in [-0.2, 0) is 4.79 Å². The number of rotatable bonds is 4. The lowest BCUT2D eigenvalue weighted by Gasteiger charge is -2.04. The number of hydrogen-bond donors (Lipinski definition) is 2. The summed E-state index contributed by atoms with van der Waals surface area (Å²) in [5.74, 6) is -1.91. The number of aromatic nitrogens is 3. The molecule has 0 unspecified atom stereocenters. The Kier molecular flexibility index (Phi) is 5.32. The van der Waals surface area contributed by atoms with Crippen molar-refractivity contribution in [3.63, 3.8) is 0 Å². The number of carbonyl (C=O) groups is 1. The van der Waals surface area contributed by atoms with Crippen LogP contribution in [0.4, 0.5) is 14.6 Å². The first-order valence-electron chi connectivity index (χ1n) is 7.96. The van der Waals surface area contributed by atoms with Crippen molar-refractivity contribution in [3.05, 3.63) is 70.0 Å². The fourth-order valence-electron chi connectivity index (χ4n) is 2.54. The molecule has 5 nitrogen and oxygen atoms in total. The number of aryl methyl sites for hydroxylation is 1. The molecule has 3 rings (SSSR count). The molecule has 138 valence electrons. The van der Waals surface area contributed by atoms with Gasteiger partial charge in [-0.15, -0.1) is 0 Å². The monoisotopic (exact) mass is 388 g/mol. The Balaban J connectivity index is 1.76. The van der Waals surface area contributed by atoms with Crippen LogP contribution >= 0.6 is 11.6 Å². The second kappa shape index (κ2) is 7.67. The predicted octanol–water partition coefficient (Wildman–Crippen LogP) is 4.67. The van der Waals surface area contributed by atoms with Gasteiger partial charge in [-0.2, -0.15) is 5.10 Å². The maximum Gasteiger partial charge on any atom is 0.249 e. The lowest BCUT2D eigenvalue weighted by atomic mass is 10.1. The van der Waals surface area contributed by atoms with Crippen LogP contribution in [0.15, 0.2) is 36.7 Å². The van der Waals surface area contributed by atoms with Crippen molar-refractivity contribution >= 4 is 29.4 Å². The Labute approximate surface area is 159 Å². The molecular formula is C19H15ClF2N4O. The number of halogens is 3. The van der Waals surface area contributed by atoms with Crippen molar-refractivity contribution in [1.82, 2.24) is 15.2 Å². The standard InChI is InChI=1S/C19H15ClF2N4O/c1-10-9-23-6-5-13(10)18-11(2)19(26-25-18)24-16(27)4-3-12-7-14(21)17(20)15(22)8-12/h3-9H,1-2H3,(H2,24,25,26,27). The zero-order valence-electron chi connectivity index (χ0n) is 14.5. The summed E-state index contributed by atoms with van der Waals surface area (Å²) in [5, 5.41) is 9.07. The Morgan fingerprint density at radius 2 is 1.96 bits per heavy atom. The highest BCUT2D eigenvalue weighted by Gasteiger charge is 2.14. The smallest absolute Gasteiger partial charge is 0.249 e. The second-order valence-electron chi connectivity index (χ2n) is 5.88. The summed E-state index contributed by atoms with van der Waals surface area (Å²) in [4.78, 5) is 16.2. The highest BCUT2D eigenvalue weighted by Crippen LogP contribution is 2.27. The molecule has 0 atom stereocenters. The summed E-state index contributed by atoms with van der Waals surface area (Å²) in [7, 11) is 0. The molecule has 1 amide bonds. The Morgan fingerprint density at radius 1 is 1.26 bits per heavy atom. The summed E-state index contributed by atoms with van der Waals surface area (Å²) in [6.45, 7) is 3.75. The molecule has 1 aromatic carbocycles. The SMILES string of the molecule is Cc1cnccc1-c1[nH]nc(NC(=O)C=Cc2cc(F)c(Cl)c(F)c2)c1C. The Bertz CT molecular complexity index is 1020. The van der Waals surface area contributed by atoms with Crippen LogP contribution < -0.4 is 5.32 Å². The fourth-order valence-corrected chi connectivity index (χ4v) is 2.65. The van der Waals surface area contributed by atoms with Crippen LogP contribution in [-0.4, -0.2) is 21.1 Å². The first-order chi connectivity index (χ1) is 12.9. The number of anilines is 1. The molecule has 0 aliphatic rings. The van der Waals surface area contributed by atoms with E-state index in [-0.39, 0.29) is 5.56 Å². The van der Waals surface area contributed by atoms with Crippen molar-refractivity contribution in [1.29, 1.82) is 0 Å². The fraction of sp³-hybridized carbons (Fsp3) is 0.105. The highest BCUT2D eigenvalue weighted by molar-refractivity contribution is 6.30. The van der Waals surface area contributed by atoms with Crippen LogP contribution in [0, 0.1) is 25.5 Å². The van der Waals surface area contributed by atoms with E-state index in [1.807, 2.05) is 19.9 Å². The molecule has 27 heavy (non-hydrogen) atoms. The van der Waals surface area contributed by atoms with Gasteiger partial charge in [-0.25, -0.2) is 8.78 Å². The molecule has 8 heteroatoms. The quantitative estimate of drug-likeness (QED) is 0.504. The van der Waals surface area contributed by atoms with E-state index in [9.17, 15) is 13.6 Å². The van der Waals surface area contributed by atoms with E-state index in [2.05, 4.69) is 20.5 Å². The van der Waals surface area contributed by atoms with Gasteiger partial charge < -0.3 is 5.32 Å². The molecule has 2 heterocycles. The van der Waals surface area contributed by atoms with Crippen LogP contribution in [0.2, 0.25) is 5.02 Å². The first kappa shape index (κ1) is 18.7. The average Bonchev–Trinajstić information content (AvgIpc) is 2.98. The van der Waals surface area contributed by atoms with Gasteiger partial charge in [0.25, 0.3) is 0 Å². The van der Waals surface area contributed by atoms with E-state index in [0.29, 0.717) is 5.82 Å². The minimum atomic E-state index is -0.891. The van der Waals surface area contributed by atoms with Gasteiger partial charge in [0.2, 0.25) is 5.91 Å². The van der Waals surface area contributed by atoms with Gasteiger partial charge >= 0.3 is 0 Å². The molecule has 0 fully saturated rings. The molecule has 2 N–H and O–H groups in total. The lowest BCUT2D eigenvalue weighted by Crippen LogP contribution is -2.09. The summed E-state index contributed by atoms with van der Waals surface area (Å²) in [6, 6.07) is 3.93. The van der Waals surface area contributed by atoms with E-state index >= 15 is 0 Å². The van der Waals surface area contributed by atoms with Crippen molar-refractivity contribution in [2.24, 2.45) is 0 Å². The van der Waals surface area contributed by atoms with Crippen LogP contribution in [0.25, 0.3) is 17.3 Å². The predicted molar refractivity (Wildman–Crippen MR) is 100 cm³/mol. The third-order valence-corrected chi connectivity index (χ3v) is 4.34. The van der Waals surface area contributed by atoms with Crippen LogP contribution in [0.1, 0.15) is 16.7 Å². The average molecular weight is 389 g/mol. The summed E-state index contributed by atoms with van der Waals surface area (Å²) in [6.07, 6.45) is 5.86. The van der Waals surface area contributed by atoms with E-state index < -0.39 is 22.6 Å². The van der Waals surface area contributed by atoms with Crippen LogP contribution in [0.5, 0.6) is 0 Å². The van der Waals surface area contributed by atoms with Crippen molar-refractivity contribution in [2.75, 3.05) is 5.32 Å². The minimum Gasteiger partial charge on any atom is -0.305 e. The van der Waals surface area contributed by atoms with Crippen LogP contribution in [0.3, 0.4) is 0 Å². The molecule has 0 bridgehead atoms. The molecular weight excluding hydrogens is 374 g/mol. The molecule has 0 spiro atoms. The van der Waals surface area contributed by atoms with Gasteiger partial charge in [0.1, 0.15) is 16.7 Å². The third kappa shape index (κ3) is 4.03. The number of hydrogen-bond acceptors (Lipinski definition) is 3. The van der Waals surface area contributed by atoms with Gasteiger partial charge in [-0.05, 0) is 49.2 Å². The van der Waals surface area contributed by atoms with Crippen molar-refractivity contribution in [3.8, 4) is 11.3 Å². The van der Waals surface area contributed by atoms with Gasteiger partial charge in [0.15, 0.2) is 5.82 Å². The first-order valence-corrected chi connectivity index (χ1v) is 8.34. The van der Waals surface area contributed by atoms with Crippen molar-refractivity contribution < 1.29 is 13.6 Å². The topological polar surface area (TPSA) is 70.7 Å². The molecule has 0 saturated carbocycles. The summed E-state index contributed by atoms with van der Waals surface area (Å²) < 4.78 is 26.9. The van der Waals surface area contributed by atoms with E-state index in [1.54, 1.807) is 12.4 Å². The van der Waals surface area contributed by atoms with Gasteiger partial charge in [-0.1, -0.05) is 11.6 Å². The third-order valence-electron chi connectivity index (χ3n) is 3.97. The number of aromatic amines is 1. The van der Waals surface area contributed by atoms with Gasteiger partial charge in [-0.3, -0.25) is 14.9 Å². The highest BCUT2D eigenvalue weighted by atomic mass is 35.5. The number of nitrogens with zero attached hydrogens (tertiary/aromatic N) is 2. The molecule has 0 radical (unpaired) electrons. The number of H-pyrrole nitrogens is 1. The molecule has 0 aliphatic carbocycles. The minimum absolute atomic E-state index is 0.177. The summed E-state index contributed by atoms with van der Waals surface area (Å²) in [5.41, 5.74) is 3.61. The Hall–Kier alpha value is -3.06. The lowest BCUT2D eigenvalue weighted by molar-refractivity contribution is -0.111. The largest absolute Gasteiger partial charge is 0.305 e. The molecule has 0 saturated heterocycles. The zero-order chi connectivity index (χ0) is 19.6. The van der Waals surface area contributed by atoms with Gasteiger partial charge in [0, 0.05) is 29.6 Å². The number of amides is 1. The molecule has 3 aromatic rings. The maximum atomic E-state index is 13.4. The molecule has 2 aromatic heterocycles. The van der Waals surface area contributed by atoms with E-state index in [1.165, 1.54) is 6.08 Å².